The Hall–Kier alpha value is -1.92. The SMILES string of the molecule is CC(=O)Nc1ccc(NCC2CCC(F)(F)CC2)c(NF)c1. The molecule has 0 bridgehead atoms. The lowest BCUT2D eigenvalue weighted by atomic mass is 9.87. The molecule has 0 atom stereocenters. The monoisotopic (exact) mass is 315 g/mol. The fourth-order valence-electron chi connectivity index (χ4n) is 2.62. The van der Waals surface area contributed by atoms with Crippen LogP contribution < -0.4 is 16.2 Å². The van der Waals surface area contributed by atoms with Crippen molar-refractivity contribution >= 4 is 23.0 Å². The first-order valence-corrected chi connectivity index (χ1v) is 7.29. The topological polar surface area (TPSA) is 53.2 Å². The number of halogens is 3. The van der Waals surface area contributed by atoms with E-state index in [9.17, 15) is 18.1 Å². The summed E-state index contributed by atoms with van der Waals surface area (Å²) in [7, 11) is 0. The molecule has 122 valence electrons. The van der Waals surface area contributed by atoms with Gasteiger partial charge in [0, 0.05) is 32.0 Å². The van der Waals surface area contributed by atoms with Crippen LogP contribution >= 0.6 is 0 Å². The molecule has 2 rings (SSSR count). The zero-order chi connectivity index (χ0) is 16.2. The summed E-state index contributed by atoms with van der Waals surface area (Å²) in [6.07, 6.45) is 0.745. The third-order valence-electron chi connectivity index (χ3n) is 3.86. The maximum Gasteiger partial charge on any atom is 0.248 e. The largest absolute Gasteiger partial charge is 0.383 e. The van der Waals surface area contributed by atoms with Crippen molar-refractivity contribution in [3.63, 3.8) is 0 Å². The van der Waals surface area contributed by atoms with Gasteiger partial charge in [0.05, 0.1) is 11.4 Å². The lowest BCUT2D eigenvalue weighted by Gasteiger charge is -2.28. The fraction of sp³-hybridized carbons (Fsp3) is 0.533. The Bertz CT molecular complexity index is 527. The van der Waals surface area contributed by atoms with E-state index in [1.54, 1.807) is 17.7 Å². The maximum absolute atomic E-state index is 13.1. The first kappa shape index (κ1) is 16.5. The highest BCUT2D eigenvalue weighted by atomic mass is 19.3. The number of anilines is 3. The van der Waals surface area contributed by atoms with Gasteiger partial charge in [0.15, 0.2) is 0 Å². The number of nitrogens with one attached hydrogen (secondary N) is 3. The Morgan fingerprint density at radius 1 is 1.27 bits per heavy atom. The van der Waals surface area contributed by atoms with E-state index >= 15 is 0 Å². The maximum atomic E-state index is 13.1. The van der Waals surface area contributed by atoms with Crippen LogP contribution in [0.5, 0.6) is 0 Å². The van der Waals surface area contributed by atoms with Gasteiger partial charge in [-0.1, -0.05) is 0 Å². The quantitative estimate of drug-likeness (QED) is 0.715. The van der Waals surface area contributed by atoms with Gasteiger partial charge in [-0.25, -0.2) is 14.3 Å². The molecule has 0 aromatic heterocycles. The second kappa shape index (κ2) is 6.89. The molecule has 4 nitrogen and oxygen atoms in total. The number of benzene rings is 1. The van der Waals surface area contributed by atoms with Crippen molar-refractivity contribution in [2.24, 2.45) is 5.92 Å². The van der Waals surface area contributed by atoms with Gasteiger partial charge in [-0.15, -0.1) is 4.48 Å². The van der Waals surface area contributed by atoms with Crippen LogP contribution in [-0.4, -0.2) is 18.4 Å². The minimum absolute atomic E-state index is 0.0883. The van der Waals surface area contributed by atoms with Crippen LogP contribution in [0.2, 0.25) is 0 Å². The van der Waals surface area contributed by atoms with Gasteiger partial charge in [-0.3, -0.25) is 4.79 Å². The summed E-state index contributed by atoms with van der Waals surface area (Å²) < 4.78 is 39.1. The number of rotatable bonds is 5. The lowest BCUT2D eigenvalue weighted by Crippen LogP contribution is -2.28. The van der Waals surface area contributed by atoms with Gasteiger partial charge in [-0.05, 0) is 37.0 Å². The van der Waals surface area contributed by atoms with Crippen molar-refractivity contribution in [3.05, 3.63) is 18.2 Å². The molecule has 0 aliphatic heterocycles. The van der Waals surface area contributed by atoms with Gasteiger partial charge in [-0.2, -0.15) is 0 Å². The van der Waals surface area contributed by atoms with E-state index in [4.69, 9.17) is 0 Å². The van der Waals surface area contributed by atoms with Gasteiger partial charge in [0.2, 0.25) is 11.8 Å². The molecule has 0 spiro atoms. The standard InChI is InChI=1S/C15H20F3N3O/c1-10(22)20-12-2-3-13(14(8-12)21-18)19-9-11-4-6-15(16,17)7-5-11/h2-3,8,11,19,21H,4-7,9H2,1H3,(H,20,22). The number of carbonyl (C=O) groups excluding carboxylic acids is 1. The summed E-state index contributed by atoms with van der Waals surface area (Å²) in [5, 5.41) is 5.65. The average Bonchev–Trinajstić information content (AvgIpc) is 2.46. The molecule has 3 N–H and O–H groups in total. The highest BCUT2D eigenvalue weighted by Crippen LogP contribution is 2.36. The van der Waals surface area contributed by atoms with Gasteiger partial charge in [0.1, 0.15) is 0 Å². The second-order valence-corrected chi connectivity index (χ2v) is 5.72. The molecule has 1 saturated carbocycles. The molecule has 1 aromatic rings. The molecule has 0 saturated heterocycles. The Morgan fingerprint density at radius 2 is 1.95 bits per heavy atom. The Morgan fingerprint density at radius 3 is 2.55 bits per heavy atom. The molecular formula is C15H20F3N3O. The summed E-state index contributed by atoms with van der Waals surface area (Å²) in [5.74, 6) is -2.63. The average molecular weight is 315 g/mol. The number of amides is 1. The molecule has 7 heteroatoms. The van der Waals surface area contributed by atoms with Crippen LogP contribution in [0.3, 0.4) is 0 Å². The molecule has 1 amide bonds. The van der Waals surface area contributed by atoms with Crippen LogP contribution in [-0.2, 0) is 4.79 Å². The van der Waals surface area contributed by atoms with Crippen LogP contribution in [0, 0.1) is 5.92 Å². The molecular weight excluding hydrogens is 295 g/mol. The number of hydrogen-bond acceptors (Lipinski definition) is 3. The van der Waals surface area contributed by atoms with Crippen LogP contribution in [0.25, 0.3) is 0 Å². The highest BCUT2D eigenvalue weighted by Gasteiger charge is 2.34. The third-order valence-corrected chi connectivity index (χ3v) is 3.86. The Labute approximate surface area is 127 Å². The van der Waals surface area contributed by atoms with Crippen molar-refractivity contribution in [3.8, 4) is 0 Å². The minimum Gasteiger partial charge on any atom is -0.383 e. The highest BCUT2D eigenvalue weighted by molar-refractivity contribution is 5.90. The van der Waals surface area contributed by atoms with E-state index in [0.29, 0.717) is 30.8 Å². The zero-order valence-corrected chi connectivity index (χ0v) is 12.4. The summed E-state index contributed by atoms with van der Waals surface area (Å²) in [5.41, 5.74) is 2.80. The molecule has 0 unspecified atom stereocenters. The van der Waals surface area contributed by atoms with Crippen molar-refractivity contribution in [1.29, 1.82) is 0 Å². The predicted molar refractivity (Wildman–Crippen MR) is 80.9 cm³/mol. The molecule has 1 aromatic carbocycles. The lowest BCUT2D eigenvalue weighted by molar-refractivity contribution is -0.114. The number of hydrogen-bond donors (Lipinski definition) is 3. The molecule has 22 heavy (non-hydrogen) atoms. The van der Waals surface area contributed by atoms with Crippen molar-refractivity contribution in [2.75, 3.05) is 22.7 Å². The second-order valence-electron chi connectivity index (χ2n) is 5.72. The van der Waals surface area contributed by atoms with Gasteiger partial charge in [0.25, 0.3) is 0 Å². The van der Waals surface area contributed by atoms with E-state index in [1.807, 2.05) is 0 Å². The van der Waals surface area contributed by atoms with Crippen molar-refractivity contribution < 1.29 is 18.1 Å². The first-order valence-electron chi connectivity index (χ1n) is 7.29. The van der Waals surface area contributed by atoms with Crippen molar-refractivity contribution in [2.45, 2.75) is 38.5 Å². The summed E-state index contributed by atoms with van der Waals surface area (Å²) in [6, 6.07) is 4.77. The summed E-state index contributed by atoms with van der Waals surface area (Å²) >= 11 is 0. The molecule has 1 fully saturated rings. The number of alkyl halides is 2. The smallest absolute Gasteiger partial charge is 0.248 e. The molecule has 1 aliphatic carbocycles. The van der Waals surface area contributed by atoms with Crippen LogP contribution in [0.4, 0.5) is 30.3 Å². The minimum atomic E-state index is -2.54. The van der Waals surface area contributed by atoms with Crippen LogP contribution in [0.15, 0.2) is 18.2 Å². The normalized spacial score (nSPS) is 17.8. The molecule has 0 heterocycles. The Balaban J connectivity index is 1.93. The summed E-state index contributed by atoms with van der Waals surface area (Å²) in [6.45, 7) is 1.89. The van der Waals surface area contributed by atoms with E-state index in [1.165, 1.54) is 13.0 Å². The third kappa shape index (κ3) is 4.54. The zero-order valence-electron chi connectivity index (χ0n) is 12.4. The first-order chi connectivity index (χ1) is 10.4. The molecule has 0 radical (unpaired) electrons. The van der Waals surface area contributed by atoms with E-state index in [-0.39, 0.29) is 30.4 Å². The van der Waals surface area contributed by atoms with Gasteiger partial charge < -0.3 is 10.6 Å². The number of carbonyl (C=O) groups is 1. The van der Waals surface area contributed by atoms with E-state index < -0.39 is 5.92 Å². The Kier molecular flexibility index (Phi) is 5.15. The predicted octanol–water partition coefficient (Wildman–Crippen LogP) is 4.18. The molecule has 1 aliphatic rings. The fourth-order valence-corrected chi connectivity index (χ4v) is 2.62. The van der Waals surface area contributed by atoms with Crippen molar-refractivity contribution in [1.82, 2.24) is 0 Å². The van der Waals surface area contributed by atoms with E-state index in [2.05, 4.69) is 10.6 Å². The summed E-state index contributed by atoms with van der Waals surface area (Å²) in [4.78, 5) is 11.0. The van der Waals surface area contributed by atoms with E-state index in [0.717, 1.165) is 0 Å². The van der Waals surface area contributed by atoms with Crippen LogP contribution in [0.1, 0.15) is 32.6 Å². The van der Waals surface area contributed by atoms with Gasteiger partial charge >= 0.3 is 0 Å².